The largest absolute Gasteiger partial charge is 0.392 e. The van der Waals surface area contributed by atoms with Crippen molar-refractivity contribution in [3.63, 3.8) is 0 Å². The molecule has 0 heterocycles. The summed E-state index contributed by atoms with van der Waals surface area (Å²) in [5.74, 6) is 0. The Hall–Kier alpha value is 0.270. The van der Waals surface area contributed by atoms with Gasteiger partial charge in [-0.1, -0.05) is 19.3 Å². The number of hydrogen-bond donors (Lipinski definition) is 2. The Balaban J connectivity index is 1.84. The number of rotatable bonds is 3. The van der Waals surface area contributed by atoms with E-state index >= 15 is 0 Å². The van der Waals surface area contributed by atoms with Gasteiger partial charge in [-0.2, -0.15) is 11.8 Å². The van der Waals surface area contributed by atoms with Gasteiger partial charge in [-0.05, 0) is 31.9 Å². The Bertz CT molecular complexity index is 200. The van der Waals surface area contributed by atoms with Crippen molar-refractivity contribution in [2.75, 3.05) is 6.26 Å². The number of aliphatic hydroxyl groups excluding tert-OH is 1. The molecule has 3 heteroatoms. The number of hydrogen-bond acceptors (Lipinski definition) is 3. The summed E-state index contributed by atoms with van der Waals surface area (Å²) in [6, 6.07) is 1.02. The molecule has 2 aliphatic carbocycles. The first-order valence-electron chi connectivity index (χ1n) is 6.28. The van der Waals surface area contributed by atoms with Gasteiger partial charge >= 0.3 is 0 Å². The van der Waals surface area contributed by atoms with E-state index < -0.39 is 0 Å². The summed E-state index contributed by atoms with van der Waals surface area (Å²) in [5, 5.41) is 14.4. The van der Waals surface area contributed by atoms with Gasteiger partial charge in [0.2, 0.25) is 0 Å². The van der Waals surface area contributed by atoms with Crippen molar-refractivity contribution >= 4 is 11.8 Å². The van der Waals surface area contributed by atoms with Crippen LogP contribution in [0, 0.1) is 0 Å². The van der Waals surface area contributed by atoms with E-state index in [-0.39, 0.29) is 6.10 Å². The van der Waals surface area contributed by atoms with E-state index in [4.69, 9.17) is 0 Å². The second-order valence-corrected chi connectivity index (χ2v) is 6.01. The molecule has 2 fully saturated rings. The van der Waals surface area contributed by atoms with Gasteiger partial charge in [0.1, 0.15) is 0 Å². The van der Waals surface area contributed by atoms with Gasteiger partial charge in [0.25, 0.3) is 0 Å². The average molecular weight is 229 g/mol. The highest BCUT2D eigenvalue weighted by Crippen LogP contribution is 2.30. The quantitative estimate of drug-likeness (QED) is 0.778. The van der Waals surface area contributed by atoms with Gasteiger partial charge in [-0.25, -0.2) is 0 Å². The van der Waals surface area contributed by atoms with E-state index in [2.05, 4.69) is 11.6 Å². The summed E-state index contributed by atoms with van der Waals surface area (Å²) in [6.45, 7) is 0. The maximum atomic E-state index is 9.92. The molecule has 0 aromatic heterocycles. The van der Waals surface area contributed by atoms with E-state index in [9.17, 15) is 5.11 Å². The molecule has 0 amide bonds. The Morgan fingerprint density at radius 2 is 1.73 bits per heavy atom. The van der Waals surface area contributed by atoms with E-state index in [1.807, 2.05) is 11.8 Å². The molecule has 0 spiro atoms. The molecule has 2 nitrogen and oxygen atoms in total. The van der Waals surface area contributed by atoms with Crippen LogP contribution in [0.4, 0.5) is 0 Å². The Kier molecular flexibility index (Phi) is 4.35. The third kappa shape index (κ3) is 2.89. The molecule has 2 N–H and O–H groups in total. The standard InChI is InChI=1S/C12H23NOS/c1-15-12-8-4-6-10(12)13-9-5-2-3-7-11(9)14/h9-14H,2-8H2,1H3. The fourth-order valence-electron chi connectivity index (χ4n) is 2.98. The minimum absolute atomic E-state index is 0.0955. The molecule has 88 valence electrons. The van der Waals surface area contributed by atoms with E-state index in [1.165, 1.54) is 38.5 Å². The minimum atomic E-state index is -0.0955. The Labute approximate surface area is 97.2 Å². The third-order valence-corrected chi connectivity index (χ3v) is 5.08. The van der Waals surface area contributed by atoms with E-state index in [0.717, 1.165) is 11.7 Å². The lowest BCUT2D eigenvalue weighted by molar-refractivity contribution is 0.0855. The third-order valence-electron chi connectivity index (χ3n) is 3.91. The summed E-state index contributed by atoms with van der Waals surface area (Å²) >= 11 is 1.99. The first-order valence-corrected chi connectivity index (χ1v) is 7.57. The summed E-state index contributed by atoms with van der Waals surface area (Å²) in [6.07, 6.45) is 10.8. The van der Waals surface area contributed by atoms with Crippen molar-refractivity contribution in [3.8, 4) is 0 Å². The molecular formula is C12H23NOS. The molecule has 0 radical (unpaired) electrons. The lowest BCUT2D eigenvalue weighted by Crippen LogP contribution is -2.48. The summed E-state index contributed by atoms with van der Waals surface area (Å²) in [7, 11) is 0. The zero-order chi connectivity index (χ0) is 10.7. The van der Waals surface area contributed by atoms with Gasteiger partial charge in [0.05, 0.1) is 6.10 Å². The van der Waals surface area contributed by atoms with Crippen LogP contribution in [0.5, 0.6) is 0 Å². The SMILES string of the molecule is CSC1CCCC1NC1CCCCC1O. The zero-order valence-electron chi connectivity index (χ0n) is 9.61. The highest BCUT2D eigenvalue weighted by atomic mass is 32.2. The van der Waals surface area contributed by atoms with Gasteiger partial charge in [0.15, 0.2) is 0 Å². The fraction of sp³-hybridized carbons (Fsp3) is 1.00. The molecule has 2 aliphatic rings. The zero-order valence-corrected chi connectivity index (χ0v) is 10.4. The van der Waals surface area contributed by atoms with Crippen molar-refractivity contribution in [2.45, 2.75) is 68.4 Å². The van der Waals surface area contributed by atoms with Crippen molar-refractivity contribution in [3.05, 3.63) is 0 Å². The average Bonchev–Trinajstić information content (AvgIpc) is 2.69. The summed E-state index contributed by atoms with van der Waals surface area (Å²) in [4.78, 5) is 0. The fourth-order valence-corrected chi connectivity index (χ4v) is 3.93. The monoisotopic (exact) mass is 229 g/mol. The smallest absolute Gasteiger partial charge is 0.0693 e. The molecule has 15 heavy (non-hydrogen) atoms. The predicted octanol–water partition coefficient (Wildman–Crippen LogP) is 2.16. The topological polar surface area (TPSA) is 32.3 Å². The van der Waals surface area contributed by atoms with Crippen LogP contribution in [0.15, 0.2) is 0 Å². The highest BCUT2D eigenvalue weighted by molar-refractivity contribution is 7.99. The molecule has 0 aliphatic heterocycles. The molecule has 0 aromatic rings. The second kappa shape index (κ2) is 5.55. The number of nitrogens with one attached hydrogen (secondary N) is 1. The van der Waals surface area contributed by atoms with Crippen LogP contribution in [0.2, 0.25) is 0 Å². The lowest BCUT2D eigenvalue weighted by atomic mass is 9.92. The van der Waals surface area contributed by atoms with E-state index in [0.29, 0.717) is 12.1 Å². The molecule has 4 unspecified atom stereocenters. The minimum Gasteiger partial charge on any atom is -0.392 e. The number of thioether (sulfide) groups is 1. The number of aliphatic hydroxyl groups is 1. The van der Waals surface area contributed by atoms with Crippen LogP contribution in [0.3, 0.4) is 0 Å². The second-order valence-electron chi connectivity index (χ2n) is 4.94. The Morgan fingerprint density at radius 1 is 1.00 bits per heavy atom. The summed E-state index contributed by atoms with van der Waals surface area (Å²) < 4.78 is 0. The maximum Gasteiger partial charge on any atom is 0.0693 e. The van der Waals surface area contributed by atoms with Gasteiger partial charge in [-0.15, -0.1) is 0 Å². The maximum absolute atomic E-state index is 9.92. The van der Waals surface area contributed by atoms with Crippen molar-refractivity contribution in [2.24, 2.45) is 0 Å². The molecule has 0 bridgehead atoms. The van der Waals surface area contributed by atoms with Crippen LogP contribution in [-0.2, 0) is 0 Å². The van der Waals surface area contributed by atoms with Gasteiger partial charge < -0.3 is 10.4 Å². The first-order chi connectivity index (χ1) is 7.31. The Morgan fingerprint density at radius 3 is 2.47 bits per heavy atom. The molecule has 0 aromatic carbocycles. The molecule has 0 saturated heterocycles. The van der Waals surface area contributed by atoms with Crippen molar-refractivity contribution in [1.29, 1.82) is 0 Å². The van der Waals surface area contributed by atoms with Crippen LogP contribution in [0.25, 0.3) is 0 Å². The normalized spacial score (nSPS) is 42.0. The van der Waals surface area contributed by atoms with Gasteiger partial charge in [0, 0.05) is 17.3 Å². The van der Waals surface area contributed by atoms with Crippen LogP contribution in [-0.4, -0.2) is 34.8 Å². The van der Waals surface area contributed by atoms with Gasteiger partial charge in [-0.3, -0.25) is 0 Å². The van der Waals surface area contributed by atoms with Crippen molar-refractivity contribution in [1.82, 2.24) is 5.32 Å². The molecule has 2 saturated carbocycles. The highest BCUT2D eigenvalue weighted by Gasteiger charge is 2.31. The van der Waals surface area contributed by atoms with Crippen LogP contribution < -0.4 is 5.32 Å². The first kappa shape index (κ1) is 11.7. The molecule has 4 atom stereocenters. The van der Waals surface area contributed by atoms with Crippen LogP contribution >= 0.6 is 11.8 Å². The van der Waals surface area contributed by atoms with Crippen molar-refractivity contribution < 1.29 is 5.11 Å². The van der Waals surface area contributed by atoms with Crippen LogP contribution in [0.1, 0.15) is 44.9 Å². The van der Waals surface area contributed by atoms with E-state index in [1.54, 1.807) is 0 Å². The molecular weight excluding hydrogens is 206 g/mol. The predicted molar refractivity (Wildman–Crippen MR) is 66.3 cm³/mol. The summed E-state index contributed by atoms with van der Waals surface area (Å²) in [5.41, 5.74) is 0. The molecule has 2 rings (SSSR count). The lowest BCUT2D eigenvalue weighted by Gasteiger charge is -2.32.